The van der Waals surface area contributed by atoms with Gasteiger partial charge in [0, 0.05) is 13.0 Å². The number of Topliss-reactive ketones (excluding diaryl/α,β-unsaturated/α-hetero) is 1. The van der Waals surface area contributed by atoms with Gasteiger partial charge in [-0.3, -0.25) is 4.79 Å². The lowest BCUT2D eigenvalue weighted by Gasteiger charge is -1.97. The van der Waals surface area contributed by atoms with E-state index in [9.17, 15) is 4.79 Å². The third-order valence-corrected chi connectivity index (χ3v) is 3.83. The van der Waals surface area contributed by atoms with Crippen molar-refractivity contribution in [3.63, 3.8) is 0 Å². The molecule has 0 spiro atoms. The Labute approximate surface area is 99.2 Å². The predicted octanol–water partition coefficient (Wildman–Crippen LogP) is 2.64. The zero-order valence-corrected chi connectivity index (χ0v) is 10.9. The van der Waals surface area contributed by atoms with Gasteiger partial charge in [0.15, 0.2) is 5.82 Å². The number of hydrogen-bond donors (Lipinski definition) is 0. The number of carbonyl (C=O) groups is 1. The Kier molecular flexibility index (Phi) is 2.79. The van der Waals surface area contributed by atoms with E-state index in [1.165, 1.54) is 12.8 Å². The van der Waals surface area contributed by atoms with Crippen LogP contribution in [0, 0.1) is 0 Å². The van der Waals surface area contributed by atoms with Crippen LogP contribution in [0.4, 0.5) is 0 Å². The van der Waals surface area contributed by atoms with Crippen molar-refractivity contribution < 1.29 is 4.79 Å². The summed E-state index contributed by atoms with van der Waals surface area (Å²) in [4.78, 5) is 15.9. The first-order valence-electron chi connectivity index (χ1n) is 4.46. The second-order valence-corrected chi connectivity index (χ2v) is 4.81. The van der Waals surface area contributed by atoms with Crippen LogP contribution in [0.2, 0.25) is 0 Å². The number of ketones is 1. The molecule has 1 aromatic rings. The minimum Gasteiger partial charge on any atom is -0.319 e. The van der Waals surface area contributed by atoms with E-state index in [0.29, 0.717) is 17.1 Å². The average Bonchev–Trinajstić information content (AvgIpc) is 2.97. The Morgan fingerprint density at radius 2 is 2.29 bits per heavy atom. The molecule has 1 aliphatic rings. The SMILES string of the molecule is Cn1c(C(=O)CBr)nc(C2CC2)c1Br. The van der Waals surface area contributed by atoms with Gasteiger partial charge < -0.3 is 4.57 Å². The van der Waals surface area contributed by atoms with Gasteiger partial charge in [-0.15, -0.1) is 0 Å². The maximum atomic E-state index is 11.5. The van der Waals surface area contributed by atoms with Crippen molar-refractivity contribution in [2.24, 2.45) is 7.05 Å². The summed E-state index contributed by atoms with van der Waals surface area (Å²) in [6, 6.07) is 0. The van der Waals surface area contributed by atoms with Gasteiger partial charge in [0.25, 0.3) is 0 Å². The molecule has 0 saturated heterocycles. The first-order chi connectivity index (χ1) is 6.65. The molecule has 0 bridgehead atoms. The lowest BCUT2D eigenvalue weighted by atomic mass is 10.3. The van der Waals surface area contributed by atoms with Crippen LogP contribution in [0.25, 0.3) is 0 Å². The molecule has 2 rings (SSSR count). The Bertz CT molecular complexity index is 382. The average molecular weight is 322 g/mol. The van der Waals surface area contributed by atoms with E-state index in [-0.39, 0.29) is 5.78 Å². The van der Waals surface area contributed by atoms with Gasteiger partial charge >= 0.3 is 0 Å². The van der Waals surface area contributed by atoms with E-state index < -0.39 is 0 Å². The van der Waals surface area contributed by atoms with Crippen molar-refractivity contribution in [2.75, 3.05) is 5.33 Å². The highest BCUT2D eigenvalue weighted by atomic mass is 79.9. The van der Waals surface area contributed by atoms with Crippen molar-refractivity contribution in [3.8, 4) is 0 Å². The van der Waals surface area contributed by atoms with Crippen molar-refractivity contribution in [3.05, 3.63) is 16.1 Å². The first kappa shape index (κ1) is 10.4. The molecule has 1 fully saturated rings. The third kappa shape index (κ3) is 1.67. The highest BCUT2D eigenvalue weighted by Crippen LogP contribution is 2.42. The van der Waals surface area contributed by atoms with Gasteiger partial charge in [-0.1, -0.05) is 15.9 Å². The molecule has 1 aromatic heterocycles. The summed E-state index contributed by atoms with van der Waals surface area (Å²) in [6.07, 6.45) is 2.38. The van der Waals surface area contributed by atoms with Crippen LogP contribution in [-0.2, 0) is 7.05 Å². The van der Waals surface area contributed by atoms with E-state index in [1.807, 2.05) is 11.6 Å². The second-order valence-electron chi connectivity index (χ2n) is 3.50. The van der Waals surface area contributed by atoms with Crippen molar-refractivity contribution >= 4 is 37.6 Å². The highest BCUT2D eigenvalue weighted by Gasteiger charge is 2.30. The molecular formula is C9H10Br2N2O. The number of carbonyl (C=O) groups excluding carboxylic acids is 1. The molecule has 1 saturated carbocycles. The van der Waals surface area contributed by atoms with E-state index in [0.717, 1.165) is 10.3 Å². The van der Waals surface area contributed by atoms with Crippen molar-refractivity contribution in [1.82, 2.24) is 9.55 Å². The molecule has 1 heterocycles. The van der Waals surface area contributed by atoms with Crippen LogP contribution in [0.5, 0.6) is 0 Å². The Hall–Kier alpha value is -0.160. The van der Waals surface area contributed by atoms with Gasteiger partial charge in [0.2, 0.25) is 5.78 Å². The number of rotatable bonds is 3. The van der Waals surface area contributed by atoms with Crippen LogP contribution in [-0.4, -0.2) is 20.7 Å². The maximum absolute atomic E-state index is 11.5. The molecule has 0 N–H and O–H groups in total. The van der Waals surface area contributed by atoms with E-state index in [1.54, 1.807) is 0 Å². The van der Waals surface area contributed by atoms with E-state index in [4.69, 9.17) is 0 Å². The summed E-state index contributed by atoms with van der Waals surface area (Å²) < 4.78 is 2.77. The Morgan fingerprint density at radius 3 is 2.79 bits per heavy atom. The quantitative estimate of drug-likeness (QED) is 0.633. The van der Waals surface area contributed by atoms with Crippen molar-refractivity contribution in [1.29, 1.82) is 0 Å². The molecule has 0 aliphatic heterocycles. The standard InChI is InChI=1S/C9H10Br2N2O/c1-13-8(11)7(5-2-3-5)12-9(13)6(14)4-10/h5H,2-4H2,1H3. The number of imidazole rings is 1. The highest BCUT2D eigenvalue weighted by molar-refractivity contribution is 9.10. The molecular weight excluding hydrogens is 312 g/mol. The zero-order valence-electron chi connectivity index (χ0n) is 7.76. The minimum atomic E-state index is 0.0279. The van der Waals surface area contributed by atoms with Gasteiger partial charge in [0.05, 0.1) is 11.0 Å². The molecule has 1 aliphatic carbocycles. The van der Waals surface area contributed by atoms with E-state index in [2.05, 4.69) is 36.8 Å². The number of halogens is 2. The number of hydrogen-bond acceptors (Lipinski definition) is 2. The van der Waals surface area contributed by atoms with Crippen LogP contribution in [0.3, 0.4) is 0 Å². The molecule has 0 unspecified atom stereocenters. The van der Waals surface area contributed by atoms with Crippen molar-refractivity contribution in [2.45, 2.75) is 18.8 Å². The number of alkyl halides is 1. The zero-order chi connectivity index (χ0) is 10.3. The minimum absolute atomic E-state index is 0.0279. The molecule has 0 amide bonds. The lowest BCUT2D eigenvalue weighted by Crippen LogP contribution is -2.08. The van der Waals surface area contributed by atoms with Gasteiger partial charge in [-0.05, 0) is 28.8 Å². The smallest absolute Gasteiger partial charge is 0.208 e. The molecule has 14 heavy (non-hydrogen) atoms. The summed E-state index contributed by atoms with van der Waals surface area (Å²) >= 11 is 6.63. The topological polar surface area (TPSA) is 34.9 Å². The molecule has 76 valence electrons. The van der Waals surface area contributed by atoms with Gasteiger partial charge in [-0.25, -0.2) is 4.98 Å². The summed E-state index contributed by atoms with van der Waals surface area (Å²) in [5.41, 5.74) is 1.04. The van der Waals surface area contributed by atoms with Crippen LogP contribution in [0.15, 0.2) is 4.60 Å². The fourth-order valence-corrected chi connectivity index (χ4v) is 2.26. The van der Waals surface area contributed by atoms with Crippen LogP contribution >= 0.6 is 31.9 Å². The normalized spacial score (nSPS) is 15.9. The fraction of sp³-hybridized carbons (Fsp3) is 0.556. The molecule has 0 radical (unpaired) electrons. The summed E-state index contributed by atoms with van der Waals surface area (Å²) in [5.74, 6) is 1.13. The van der Waals surface area contributed by atoms with Crippen LogP contribution in [0.1, 0.15) is 35.1 Å². The third-order valence-electron chi connectivity index (χ3n) is 2.38. The monoisotopic (exact) mass is 320 g/mol. The Balaban J connectivity index is 2.41. The largest absolute Gasteiger partial charge is 0.319 e. The number of aromatic nitrogens is 2. The molecule has 0 atom stereocenters. The molecule has 3 nitrogen and oxygen atoms in total. The lowest BCUT2D eigenvalue weighted by molar-refractivity contribution is 0.101. The van der Waals surface area contributed by atoms with E-state index >= 15 is 0 Å². The molecule has 0 aromatic carbocycles. The van der Waals surface area contributed by atoms with Crippen LogP contribution < -0.4 is 0 Å². The first-order valence-corrected chi connectivity index (χ1v) is 6.38. The predicted molar refractivity (Wildman–Crippen MR) is 61.0 cm³/mol. The summed E-state index contributed by atoms with van der Waals surface area (Å²) in [6.45, 7) is 0. The molecule has 5 heteroatoms. The second kappa shape index (κ2) is 3.77. The summed E-state index contributed by atoms with van der Waals surface area (Å²) in [7, 11) is 1.86. The summed E-state index contributed by atoms with van der Waals surface area (Å²) in [5, 5.41) is 0.328. The maximum Gasteiger partial charge on any atom is 0.208 e. The van der Waals surface area contributed by atoms with Gasteiger partial charge in [-0.2, -0.15) is 0 Å². The number of nitrogens with zero attached hydrogens (tertiary/aromatic N) is 2. The fourth-order valence-electron chi connectivity index (χ4n) is 1.43. The van der Waals surface area contributed by atoms with Gasteiger partial charge in [0.1, 0.15) is 4.60 Å². The Morgan fingerprint density at radius 1 is 1.64 bits per heavy atom.